The number of amides is 1. The van der Waals surface area contributed by atoms with E-state index in [0.29, 0.717) is 4.88 Å². The van der Waals surface area contributed by atoms with Crippen LogP contribution in [-0.4, -0.2) is 46.6 Å². The summed E-state index contributed by atoms with van der Waals surface area (Å²) >= 11 is 1.45. The number of fused-ring (bicyclic) bond motifs is 1. The van der Waals surface area contributed by atoms with Crippen molar-refractivity contribution in [1.82, 2.24) is 5.32 Å². The number of aliphatic hydroxyl groups is 3. The molecule has 0 atom stereocenters. The van der Waals surface area contributed by atoms with E-state index < -0.39 is 25.4 Å². The Morgan fingerprint density at radius 3 is 2.50 bits per heavy atom. The van der Waals surface area contributed by atoms with Gasteiger partial charge in [-0.1, -0.05) is 0 Å². The lowest BCUT2D eigenvalue weighted by molar-refractivity contribution is 0.0377. The molecule has 1 aromatic rings. The molecule has 1 heterocycles. The first kappa shape index (κ1) is 13.5. The number of nitrogens with one attached hydrogen (secondary N) is 1. The molecule has 1 amide bonds. The molecule has 6 heteroatoms. The van der Waals surface area contributed by atoms with Crippen LogP contribution in [0, 0.1) is 0 Å². The molecule has 1 aliphatic rings. The summed E-state index contributed by atoms with van der Waals surface area (Å²) in [6.07, 6.45) is 3.15. The molecule has 0 spiro atoms. The van der Waals surface area contributed by atoms with E-state index in [1.165, 1.54) is 21.8 Å². The molecule has 5 nitrogen and oxygen atoms in total. The van der Waals surface area contributed by atoms with E-state index in [1.807, 2.05) is 6.07 Å². The Morgan fingerprint density at radius 2 is 1.94 bits per heavy atom. The van der Waals surface area contributed by atoms with Crippen molar-refractivity contribution in [3.8, 4) is 0 Å². The van der Waals surface area contributed by atoms with Gasteiger partial charge in [-0.15, -0.1) is 11.3 Å². The van der Waals surface area contributed by atoms with Gasteiger partial charge in [0.15, 0.2) is 0 Å². The quantitative estimate of drug-likeness (QED) is 0.591. The van der Waals surface area contributed by atoms with Crippen LogP contribution in [-0.2, 0) is 12.8 Å². The van der Waals surface area contributed by atoms with Crippen molar-refractivity contribution in [3.05, 3.63) is 21.4 Å². The zero-order valence-corrected chi connectivity index (χ0v) is 10.8. The molecular weight excluding hydrogens is 254 g/mol. The van der Waals surface area contributed by atoms with Crippen LogP contribution in [0.1, 0.15) is 26.5 Å². The standard InChI is InChI=1S/C12H17NO4S/c14-5-12(6-15,7-16)13-11(17)10-4-8-2-1-3-9(8)18-10/h4,14-16H,1-3,5-7H2,(H,13,17). The third-order valence-corrected chi connectivity index (χ3v) is 4.49. The lowest BCUT2D eigenvalue weighted by atomic mass is 10.0. The molecule has 0 saturated heterocycles. The highest BCUT2D eigenvalue weighted by molar-refractivity contribution is 7.14. The number of hydrogen-bond donors (Lipinski definition) is 4. The lowest BCUT2D eigenvalue weighted by Crippen LogP contribution is -2.56. The predicted octanol–water partition coefficient (Wildman–Crippen LogP) is -0.318. The summed E-state index contributed by atoms with van der Waals surface area (Å²) < 4.78 is 0. The van der Waals surface area contributed by atoms with E-state index in [-0.39, 0.29) is 5.91 Å². The maximum absolute atomic E-state index is 12.0. The molecule has 0 saturated carbocycles. The SMILES string of the molecule is O=C(NC(CO)(CO)CO)c1cc2c(s1)CCC2. The predicted molar refractivity (Wildman–Crippen MR) is 67.8 cm³/mol. The molecule has 0 fully saturated rings. The fraction of sp³-hybridized carbons (Fsp3) is 0.583. The molecule has 0 radical (unpaired) electrons. The largest absolute Gasteiger partial charge is 0.394 e. The lowest BCUT2D eigenvalue weighted by Gasteiger charge is -2.28. The van der Waals surface area contributed by atoms with Gasteiger partial charge in [0.05, 0.1) is 24.7 Å². The number of thiophene rings is 1. The average Bonchev–Trinajstić information content (AvgIpc) is 2.96. The van der Waals surface area contributed by atoms with E-state index in [4.69, 9.17) is 15.3 Å². The van der Waals surface area contributed by atoms with Gasteiger partial charge in [0.1, 0.15) is 5.54 Å². The van der Waals surface area contributed by atoms with Crippen molar-refractivity contribution in [3.63, 3.8) is 0 Å². The first-order valence-electron chi connectivity index (χ1n) is 5.91. The molecule has 0 aliphatic heterocycles. The summed E-state index contributed by atoms with van der Waals surface area (Å²) in [5.74, 6) is -0.355. The molecule has 1 aliphatic carbocycles. The molecule has 4 N–H and O–H groups in total. The highest BCUT2D eigenvalue weighted by Crippen LogP contribution is 2.30. The highest BCUT2D eigenvalue weighted by atomic mass is 32.1. The summed E-state index contributed by atoms with van der Waals surface area (Å²) in [4.78, 5) is 13.8. The minimum Gasteiger partial charge on any atom is -0.394 e. The van der Waals surface area contributed by atoms with Crippen molar-refractivity contribution >= 4 is 17.2 Å². The number of rotatable bonds is 5. The maximum atomic E-state index is 12.0. The molecule has 0 bridgehead atoms. The van der Waals surface area contributed by atoms with Crippen LogP contribution in [0.15, 0.2) is 6.07 Å². The Hall–Kier alpha value is -0.950. The van der Waals surface area contributed by atoms with Gasteiger partial charge in [-0.05, 0) is 30.9 Å². The minimum absolute atomic E-state index is 0.355. The topological polar surface area (TPSA) is 89.8 Å². The van der Waals surface area contributed by atoms with Gasteiger partial charge in [-0.2, -0.15) is 0 Å². The average molecular weight is 271 g/mol. The smallest absolute Gasteiger partial charge is 0.262 e. The molecular formula is C12H17NO4S. The van der Waals surface area contributed by atoms with Gasteiger partial charge in [0.25, 0.3) is 5.91 Å². The zero-order valence-electron chi connectivity index (χ0n) is 9.98. The second-order valence-electron chi connectivity index (χ2n) is 4.62. The molecule has 18 heavy (non-hydrogen) atoms. The van der Waals surface area contributed by atoms with Crippen molar-refractivity contribution < 1.29 is 20.1 Å². The third kappa shape index (κ3) is 2.42. The van der Waals surface area contributed by atoms with Crippen LogP contribution in [0.2, 0.25) is 0 Å². The van der Waals surface area contributed by atoms with Crippen LogP contribution in [0.4, 0.5) is 0 Å². The Kier molecular flexibility index (Phi) is 4.01. The van der Waals surface area contributed by atoms with Gasteiger partial charge in [-0.3, -0.25) is 4.79 Å². The van der Waals surface area contributed by atoms with E-state index in [9.17, 15) is 4.79 Å². The van der Waals surface area contributed by atoms with Crippen LogP contribution in [0.5, 0.6) is 0 Å². The van der Waals surface area contributed by atoms with Gasteiger partial charge in [-0.25, -0.2) is 0 Å². The zero-order chi connectivity index (χ0) is 13.2. The van der Waals surface area contributed by atoms with Crippen LogP contribution >= 0.6 is 11.3 Å². The van der Waals surface area contributed by atoms with E-state index in [0.717, 1.165) is 19.3 Å². The summed E-state index contributed by atoms with van der Waals surface area (Å²) in [7, 11) is 0. The van der Waals surface area contributed by atoms with Crippen molar-refractivity contribution in [2.45, 2.75) is 24.8 Å². The summed E-state index contributed by atoms with van der Waals surface area (Å²) in [6.45, 7) is -1.51. The number of aryl methyl sites for hydroxylation is 2. The number of carbonyl (C=O) groups is 1. The Bertz CT molecular complexity index is 410. The number of aliphatic hydroxyl groups excluding tert-OH is 3. The fourth-order valence-corrected chi connectivity index (χ4v) is 3.16. The van der Waals surface area contributed by atoms with Crippen LogP contribution in [0.25, 0.3) is 0 Å². The van der Waals surface area contributed by atoms with Crippen molar-refractivity contribution in [2.24, 2.45) is 0 Å². The van der Waals surface area contributed by atoms with Crippen molar-refractivity contribution in [2.75, 3.05) is 19.8 Å². The summed E-state index contributed by atoms with van der Waals surface area (Å²) in [5.41, 5.74) is -0.140. The van der Waals surface area contributed by atoms with Gasteiger partial charge >= 0.3 is 0 Å². The monoisotopic (exact) mass is 271 g/mol. The van der Waals surface area contributed by atoms with Crippen molar-refractivity contribution in [1.29, 1.82) is 0 Å². The second-order valence-corrected chi connectivity index (χ2v) is 5.76. The summed E-state index contributed by atoms with van der Waals surface area (Å²) in [5, 5.41) is 30.0. The first-order valence-corrected chi connectivity index (χ1v) is 6.72. The minimum atomic E-state index is -1.36. The second kappa shape index (κ2) is 5.36. The molecule has 1 aromatic heterocycles. The fourth-order valence-electron chi connectivity index (χ4n) is 2.01. The van der Waals surface area contributed by atoms with Crippen LogP contribution in [0.3, 0.4) is 0 Å². The van der Waals surface area contributed by atoms with Crippen LogP contribution < -0.4 is 5.32 Å². The normalized spacial score (nSPS) is 14.6. The van der Waals surface area contributed by atoms with E-state index in [1.54, 1.807) is 0 Å². The number of carbonyl (C=O) groups excluding carboxylic acids is 1. The molecule has 2 rings (SSSR count). The molecule has 0 unspecified atom stereocenters. The Labute approximate surface area is 109 Å². The van der Waals surface area contributed by atoms with Gasteiger partial charge in [0, 0.05) is 4.88 Å². The maximum Gasteiger partial charge on any atom is 0.262 e. The number of hydrogen-bond acceptors (Lipinski definition) is 5. The molecule has 0 aromatic carbocycles. The summed E-state index contributed by atoms with van der Waals surface area (Å²) in [6, 6.07) is 1.86. The van der Waals surface area contributed by atoms with E-state index in [2.05, 4.69) is 5.32 Å². The van der Waals surface area contributed by atoms with Gasteiger partial charge in [0.2, 0.25) is 0 Å². The molecule has 100 valence electrons. The Balaban J connectivity index is 2.11. The third-order valence-electron chi connectivity index (χ3n) is 3.26. The highest BCUT2D eigenvalue weighted by Gasteiger charge is 2.31. The van der Waals surface area contributed by atoms with Gasteiger partial charge < -0.3 is 20.6 Å². The first-order chi connectivity index (χ1) is 8.64. The van der Waals surface area contributed by atoms with E-state index >= 15 is 0 Å². The Morgan fingerprint density at radius 1 is 1.28 bits per heavy atom.